The van der Waals surface area contributed by atoms with E-state index in [2.05, 4.69) is 15.3 Å². The van der Waals surface area contributed by atoms with Gasteiger partial charge in [-0.1, -0.05) is 11.6 Å². The molecule has 0 unspecified atom stereocenters. The highest BCUT2D eigenvalue weighted by molar-refractivity contribution is 7.13. The van der Waals surface area contributed by atoms with Crippen molar-refractivity contribution in [2.45, 2.75) is 33.2 Å². The smallest absolute Gasteiger partial charge is 0.220 e. The molecule has 0 saturated carbocycles. The van der Waals surface area contributed by atoms with Gasteiger partial charge in [0, 0.05) is 34.8 Å². The SMILES string of the molecule is Cc1cc(OCCCC(=O)NCc2csc(-c3cccnc3)n2)cc(C)c1Cl. The van der Waals surface area contributed by atoms with Crippen molar-refractivity contribution in [1.29, 1.82) is 0 Å². The average Bonchev–Trinajstić information content (AvgIpc) is 3.17. The van der Waals surface area contributed by atoms with Gasteiger partial charge in [-0.3, -0.25) is 9.78 Å². The monoisotopic (exact) mass is 415 g/mol. The van der Waals surface area contributed by atoms with Crippen molar-refractivity contribution in [3.05, 3.63) is 63.9 Å². The number of carbonyl (C=O) groups is 1. The number of amides is 1. The number of pyridine rings is 1. The van der Waals surface area contributed by atoms with Gasteiger partial charge in [-0.25, -0.2) is 4.98 Å². The van der Waals surface area contributed by atoms with Crippen LogP contribution in [0.25, 0.3) is 10.6 Å². The van der Waals surface area contributed by atoms with Gasteiger partial charge < -0.3 is 10.1 Å². The van der Waals surface area contributed by atoms with Crippen molar-refractivity contribution >= 4 is 28.8 Å². The van der Waals surface area contributed by atoms with Crippen LogP contribution in [0.4, 0.5) is 0 Å². The molecule has 2 heterocycles. The number of aromatic nitrogens is 2. The van der Waals surface area contributed by atoms with Crippen LogP contribution in [0.15, 0.2) is 42.0 Å². The summed E-state index contributed by atoms with van der Waals surface area (Å²) < 4.78 is 5.73. The third kappa shape index (κ3) is 5.53. The maximum absolute atomic E-state index is 12.0. The van der Waals surface area contributed by atoms with E-state index in [9.17, 15) is 4.79 Å². The van der Waals surface area contributed by atoms with E-state index >= 15 is 0 Å². The largest absolute Gasteiger partial charge is 0.494 e. The summed E-state index contributed by atoms with van der Waals surface area (Å²) in [5.74, 6) is 0.771. The van der Waals surface area contributed by atoms with E-state index in [1.54, 1.807) is 23.7 Å². The number of rotatable bonds is 8. The van der Waals surface area contributed by atoms with Crippen LogP contribution >= 0.6 is 22.9 Å². The molecule has 0 radical (unpaired) electrons. The fourth-order valence-corrected chi connectivity index (χ4v) is 3.62. The molecule has 3 rings (SSSR count). The first kappa shape index (κ1) is 20.3. The van der Waals surface area contributed by atoms with Crippen LogP contribution < -0.4 is 10.1 Å². The molecule has 7 heteroatoms. The number of carbonyl (C=O) groups excluding carboxylic acids is 1. The molecule has 0 saturated heterocycles. The van der Waals surface area contributed by atoms with Gasteiger partial charge in [0.05, 0.1) is 18.8 Å². The fourth-order valence-electron chi connectivity index (χ4n) is 2.70. The third-order valence-electron chi connectivity index (χ3n) is 4.15. The maximum Gasteiger partial charge on any atom is 0.220 e. The van der Waals surface area contributed by atoms with Gasteiger partial charge in [-0.15, -0.1) is 11.3 Å². The van der Waals surface area contributed by atoms with Crippen LogP contribution in [0.2, 0.25) is 5.02 Å². The first-order valence-corrected chi connectivity index (χ1v) is 10.3. The first-order valence-electron chi connectivity index (χ1n) is 9.04. The third-order valence-corrected chi connectivity index (χ3v) is 5.69. The zero-order valence-electron chi connectivity index (χ0n) is 15.9. The second-order valence-corrected chi connectivity index (χ2v) is 7.72. The molecule has 0 spiro atoms. The summed E-state index contributed by atoms with van der Waals surface area (Å²) in [6, 6.07) is 7.68. The number of thiazole rings is 1. The van der Waals surface area contributed by atoms with Crippen molar-refractivity contribution in [1.82, 2.24) is 15.3 Å². The molecule has 2 aromatic heterocycles. The van der Waals surface area contributed by atoms with E-state index in [1.165, 1.54) is 0 Å². The minimum absolute atomic E-state index is 0.0111. The molecule has 0 aliphatic heterocycles. The molecule has 0 fully saturated rings. The second-order valence-electron chi connectivity index (χ2n) is 6.49. The van der Waals surface area contributed by atoms with Crippen LogP contribution in [-0.4, -0.2) is 22.5 Å². The number of ether oxygens (including phenoxy) is 1. The van der Waals surface area contributed by atoms with E-state index in [0.717, 1.165) is 38.2 Å². The minimum atomic E-state index is -0.0111. The highest BCUT2D eigenvalue weighted by Crippen LogP contribution is 2.26. The molecule has 5 nitrogen and oxygen atoms in total. The summed E-state index contributed by atoms with van der Waals surface area (Å²) in [5.41, 5.74) is 3.81. The zero-order chi connectivity index (χ0) is 19.9. The van der Waals surface area contributed by atoms with E-state index in [0.29, 0.717) is 26.0 Å². The predicted molar refractivity (Wildman–Crippen MR) is 113 cm³/mol. The molecular formula is C21H22ClN3O2S. The highest BCUT2D eigenvalue weighted by Gasteiger charge is 2.08. The lowest BCUT2D eigenvalue weighted by Gasteiger charge is -2.10. The normalized spacial score (nSPS) is 10.7. The predicted octanol–water partition coefficient (Wildman–Crippen LogP) is 4.95. The Balaban J connectivity index is 1.39. The average molecular weight is 416 g/mol. The quantitative estimate of drug-likeness (QED) is 0.528. The second kappa shape index (κ2) is 9.66. The molecule has 1 aromatic carbocycles. The topological polar surface area (TPSA) is 64.1 Å². The summed E-state index contributed by atoms with van der Waals surface area (Å²) in [6.07, 6.45) is 4.57. The lowest BCUT2D eigenvalue weighted by atomic mass is 10.1. The summed E-state index contributed by atoms with van der Waals surface area (Å²) in [4.78, 5) is 20.7. The van der Waals surface area contributed by atoms with Crippen LogP contribution in [0.5, 0.6) is 5.75 Å². The number of benzene rings is 1. The number of nitrogens with one attached hydrogen (secondary N) is 1. The summed E-state index contributed by atoms with van der Waals surface area (Å²) in [5, 5.41) is 6.53. The standard InChI is InChI=1S/C21H22ClN3O2S/c1-14-9-18(10-15(2)20(14)22)27-8-4-6-19(26)24-12-17-13-28-21(25-17)16-5-3-7-23-11-16/h3,5,7,9-11,13H,4,6,8,12H2,1-2H3,(H,24,26). The first-order chi connectivity index (χ1) is 13.5. The van der Waals surface area contributed by atoms with Crippen molar-refractivity contribution in [2.75, 3.05) is 6.61 Å². The summed E-state index contributed by atoms with van der Waals surface area (Å²) in [7, 11) is 0. The molecule has 3 aromatic rings. The van der Waals surface area contributed by atoms with Gasteiger partial charge in [-0.2, -0.15) is 0 Å². The Bertz CT molecular complexity index is 921. The Labute approximate surface area is 173 Å². The van der Waals surface area contributed by atoms with Gasteiger partial charge in [0.15, 0.2) is 0 Å². The van der Waals surface area contributed by atoms with Crippen molar-refractivity contribution < 1.29 is 9.53 Å². The summed E-state index contributed by atoms with van der Waals surface area (Å²) in [6.45, 7) is 4.81. The molecule has 0 aliphatic carbocycles. The molecule has 146 valence electrons. The number of hydrogen-bond donors (Lipinski definition) is 1. The maximum atomic E-state index is 12.0. The fraction of sp³-hybridized carbons (Fsp3) is 0.286. The number of halogens is 1. The van der Waals surface area contributed by atoms with Gasteiger partial charge >= 0.3 is 0 Å². The van der Waals surface area contributed by atoms with Gasteiger partial charge in [0.2, 0.25) is 5.91 Å². The molecule has 1 amide bonds. The molecule has 0 atom stereocenters. The Morgan fingerprint density at radius 1 is 1.29 bits per heavy atom. The molecular weight excluding hydrogens is 394 g/mol. The van der Waals surface area contributed by atoms with Gasteiger partial charge in [0.25, 0.3) is 0 Å². The van der Waals surface area contributed by atoms with E-state index in [1.807, 2.05) is 43.5 Å². The molecule has 0 bridgehead atoms. The number of nitrogens with zero attached hydrogens (tertiary/aromatic N) is 2. The lowest BCUT2D eigenvalue weighted by Crippen LogP contribution is -2.23. The lowest BCUT2D eigenvalue weighted by molar-refractivity contribution is -0.121. The molecule has 1 N–H and O–H groups in total. The number of aryl methyl sites for hydroxylation is 2. The van der Waals surface area contributed by atoms with Gasteiger partial charge in [-0.05, 0) is 55.7 Å². The Morgan fingerprint density at radius 2 is 2.07 bits per heavy atom. The summed E-state index contributed by atoms with van der Waals surface area (Å²) >= 11 is 7.70. The highest BCUT2D eigenvalue weighted by atomic mass is 35.5. The van der Waals surface area contributed by atoms with E-state index in [-0.39, 0.29) is 5.91 Å². The number of hydrogen-bond acceptors (Lipinski definition) is 5. The minimum Gasteiger partial charge on any atom is -0.494 e. The van der Waals surface area contributed by atoms with Crippen LogP contribution in [-0.2, 0) is 11.3 Å². The van der Waals surface area contributed by atoms with E-state index < -0.39 is 0 Å². The Kier molecular flexibility index (Phi) is 7.01. The van der Waals surface area contributed by atoms with Crippen molar-refractivity contribution in [3.8, 4) is 16.3 Å². The van der Waals surface area contributed by atoms with Crippen LogP contribution in [0.3, 0.4) is 0 Å². The van der Waals surface area contributed by atoms with Crippen LogP contribution in [0.1, 0.15) is 29.7 Å². The Hall–Kier alpha value is -2.44. The molecule has 0 aliphatic rings. The van der Waals surface area contributed by atoms with Gasteiger partial charge in [0.1, 0.15) is 10.8 Å². The zero-order valence-corrected chi connectivity index (χ0v) is 17.4. The Morgan fingerprint density at radius 3 is 2.79 bits per heavy atom. The van der Waals surface area contributed by atoms with Crippen molar-refractivity contribution in [3.63, 3.8) is 0 Å². The molecule has 28 heavy (non-hydrogen) atoms. The van der Waals surface area contributed by atoms with Crippen LogP contribution in [0, 0.1) is 13.8 Å². The van der Waals surface area contributed by atoms with Crippen molar-refractivity contribution in [2.24, 2.45) is 0 Å². The van der Waals surface area contributed by atoms with E-state index in [4.69, 9.17) is 16.3 Å².